The maximum atomic E-state index is 2.38. The Balaban J connectivity index is 2.50. The third-order valence-corrected chi connectivity index (χ3v) is 3.01. The van der Waals surface area contributed by atoms with E-state index in [1.54, 1.807) is 11.1 Å². The summed E-state index contributed by atoms with van der Waals surface area (Å²) in [6, 6.07) is 0. The first-order valence-electron chi connectivity index (χ1n) is 4.76. The van der Waals surface area contributed by atoms with Crippen LogP contribution in [0.2, 0.25) is 0 Å². The van der Waals surface area contributed by atoms with Crippen molar-refractivity contribution in [2.24, 2.45) is 11.8 Å². The van der Waals surface area contributed by atoms with E-state index in [1.165, 1.54) is 12.0 Å². The molecule has 2 atom stereocenters. The normalized spacial score (nSPS) is 35.2. The Morgan fingerprint density at radius 1 is 1.33 bits per heavy atom. The van der Waals surface area contributed by atoms with E-state index in [0.717, 1.165) is 11.8 Å². The van der Waals surface area contributed by atoms with E-state index in [0.29, 0.717) is 0 Å². The molecule has 2 unspecified atom stereocenters. The lowest BCUT2D eigenvalue weighted by atomic mass is 9.91. The van der Waals surface area contributed by atoms with Crippen molar-refractivity contribution in [3.63, 3.8) is 0 Å². The first-order chi connectivity index (χ1) is 5.74. The predicted octanol–water partition coefficient (Wildman–Crippen LogP) is 3.48. The largest absolute Gasteiger partial charge is 0.0835 e. The zero-order chi connectivity index (χ0) is 8.72. The molecular formula is C12H16. The van der Waals surface area contributed by atoms with E-state index in [9.17, 15) is 0 Å². The second-order valence-corrected chi connectivity index (χ2v) is 3.99. The van der Waals surface area contributed by atoms with Gasteiger partial charge >= 0.3 is 0 Å². The Morgan fingerprint density at radius 3 is 2.50 bits per heavy atom. The topological polar surface area (TPSA) is 0 Å². The molecule has 12 heavy (non-hydrogen) atoms. The summed E-state index contributed by atoms with van der Waals surface area (Å²) in [6.45, 7) is 6.62. The summed E-state index contributed by atoms with van der Waals surface area (Å²) in [5.74, 6) is 1.48. The lowest BCUT2D eigenvalue weighted by Crippen LogP contribution is -1.98. The molecule has 0 N–H and O–H groups in total. The van der Waals surface area contributed by atoms with Gasteiger partial charge in [0.15, 0.2) is 0 Å². The minimum absolute atomic E-state index is 0.741. The van der Waals surface area contributed by atoms with Crippen LogP contribution in [0.5, 0.6) is 0 Å². The van der Waals surface area contributed by atoms with Gasteiger partial charge in [-0.25, -0.2) is 0 Å². The van der Waals surface area contributed by atoms with Crippen LogP contribution < -0.4 is 0 Å². The monoisotopic (exact) mass is 160 g/mol. The van der Waals surface area contributed by atoms with E-state index in [4.69, 9.17) is 0 Å². The van der Waals surface area contributed by atoms with E-state index < -0.39 is 0 Å². The summed E-state index contributed by atoms with van der Waals surface area (Å²) < 4.78 is 0. The van der Waals surface area contributed by atoms with Crippen LogP contribution in [0.4, 0.5) is 0 Å². The highest BCUT2D eigenvalue weighted by Gasteiger charge is 2.35. The molecule has 0 radical (unpaired) electrons. The van der Waals surface area contributed by atoms with Crippen LogP contribution in [-0.2, 0) is 0 Å². The molecule has 0 heteroatoms. The molecule has 0 aromatic carbocycles. The Morgan fingerprint density at radius 2 is 2.00 bits per heavy atom. The van der Waals surface area contributed by atoms with E-state index in [1.807, 2.05) is 0 Å². The molecule has 0 aliphatic heterocycles. The summed E-state index contributed by atoms with van der Waals surface area (Å²) in [4.78, 5) is 0. The predicted molar refractivity (Wildman–Crippen MR) is 52.9 cm³/mol. The standard InChI is InChI=1S/C12H16/c1-4-11-9-5-6-10(7-9)12(11)8(2)3/h4-6,9-10H,7H2,1-3H3. The third kappa shape index (κ3) is 0.906. The van der Waals surface area contributed by atoms with Crippen molar-refractivity contribution in [2.45, 2.75) is 27.2 Å². The van der Waals surface area contributed by atoms with Crippen molar-refractivity contribution >= 4 is 0 Å². The maximum absolute atomic E-state index is 2.38. The van der Waals surface area contributed by atoms with Gasteiger partial charge in [-0.15, -0.1) is 0 Å². The Hall–Kier alpha value is -0.780. The van der Waals surface area contributed by atoms with Gasteiger partial charge in [-0.05, 0) is 38.3 Å². The summed E-state index contributed by atoms with van der Waals surface area (Å²) in [6.07, 6.45) is 8.36. The molecule has 2 aliphatic carbocycles. The van der Waals surface area contributed by atoms with Crippen molar-refractivity contribution < 1.29 is 0 Å². The molecule has 64 valence electrons. The lowest BCUT2D eigenvalue weighted by Gasteiger charge is -2.14. The van der Waals surface area contributed by atoms with Gasteiger partial charge in [0.05, 0.1) is 0 Å². The molecule has 0 amide bonds. The molecule has 1 fully saturated rings. The SMILES string of the molecule is CC=C1C(=C(C)C)C2C=CC1C2. The lowest BCUT2D eigenvalue weighted by molar-refractivity contribution is 0.733. The van der Waals surface area contributed by atoms with E-state index in [-0.39, 0.29) is 0 Å². The van der Waals surface area contributed by atoms with Gasteiger partial charge in [0.2, 0.25) is 0 Å². The van der Waals surface area contributed by atoms with Crippen molar-refractivity contribution in [1.82, 2.24) is 0 Å². The van der Waals surface area contributed by atoms with Crippen molar-refractivity contribution in [1.29, 1.82) is 0 Å². The molecule has 2 aliphatic rings. The highest BCUT2D eigenvalue weighted by atomic mass is 14.4. The number of hydrogen-bond donors (Lipinski definition) is 0. The summed E-state index contributed by atoms with van der Waals surface area (Å²) in [5, 5.41) is 0. The molecule has 1 saturated carbocycles. The number of hydrogen-bond acceptors (Lipinski definition) is 0. The number of fused-ring (bicyclic) bond motifs is 2. The minimum Gasteiger partial charge on any atom is -0.0835 e. The quantitative estimate of drug-likeness (QED) is 0.476. The van der Waals surface area contributed by atoms with Crippen LogP contribution in [0, 0.1) is 11.8 Å². The first kappa shape index (κ1) is 7.85. The summed E-state index contributed by atoms with van der Waals surface area (Å²) >= 11 is 0. The van der Waals surface area contributed by atoms with Gasteiger partial charge in [-0.3, -0.25) is 0 Å². The van der Waals surface area contributed by atoms with E-state index >= 15 is 0 Å². The number of rotatable bonds is 0. The van der Waals surface area contributed by atoms with Crippen LogP contribution in [0.1, 0.15) is 27.2 Å². The first-order valence-corrected chi connectivity index (χ1v) is 4.76. The minimum atomic E-state index is 0.741. The highest BCUT2D eigenvalue weighted by Crippen LogP contribution is 2.48. The molecule has 2 rings (SSSR count). The van der Waals surface area contributed by atoms with Crippen molar-refractivity contribution in [3.8, 4) is 0 Å². The molecule has 0 aromatic heterocycles. The van der Waals surface area contributed by atoms with Gasteiger partial charge in [0.1, 0.15) is 0 Å². The molecule has 0 saturated heterocycles. The van der Waals surface area contributed by atoms with E-state index in [2.05, 4.69) is 39.0 Å². The second kappa shape index (κ2) is 2.62. The molecule has 0 nitrogen and oxygen atoms in total. The van der Waals surface area contributed by atoms with Crippen LogP contribution in [0.25, 0.3) is 0 Å². The average molecular weight is 160 g/mol. The van der Waals surface area contributed by atoms with Gasteiger partial charge in [-0.1, -0.05) is 23.8 Å². The maximum Gasteiger partial charge on any atom is 0.00291 e. The zero-order valence-electron chi connectivity index (χ0n) is 8.09. The Bertz CT molecular complexity index is 285. The van der Waals surface area contributed by atoms with Gasteiger partial charge in [-0.2, -0.15) is 0 Å². The Kier molecular flexibility index (Phi) is 1.71. The van der Waals surface area contributed by atoms with Crippen LogP contribution in [-0.4, -0.2) is 0 Å². The van der Waals surface area contributed by atoms with Crippen molar-refractivity contribution in [3.05, 3.63) is 34.9 Å². The van der Waals surface area contributed by atoms with Crippen LogP contribution in [0.15, 0.2) is 34.9 Å². The van der Waals surface area contributed by atoms with Crippen LogP contribution in [0.3, 0.4) is 0 Å². The zero-order valence-corrected chi connectivity index (χ0v) is 8.09. The fourth-order valence-corrected chi connectivity index (χ4v) is 2.59. The highest BCUT2D eigenvalue weighted by molar-refractivity contribution is 5.49. The van der Waals surface area contributed by atoms with Gasteiger partial charge in [0.25, 0.3) is 0 Å². The van der Waals surface area contributed by atoms with Crippen molar-refractivity contribution in [2.75, 3.05) is 0 Å². The molecule has 0 aromatic rings. The second-order valence-electron chi connectivity index (χ2n) is 3.99. The smallest absolute Gasteiger partial charge is 0.00291 e. The molecular weight excluding hydrogens is 144 g/mol. The van der Waals surface area contributed by atoms with Gasteiger partial charge in [0, 0.05) is 11.8 Å². The summed E-state index contributed by atoms with van der Waals surface area (Å²) in [5.41, 5.74) is 4.70. The Labute approximate surface area is 74.7 Å². The molecule has 0 heterocycles. The average Bonchev–Trinajstić information content (AvgIpc) is 2.60. The number of allylic oxidation sites excluding steroid dienone is 6. The third-order valence-electron chi connectivity index (χ3n) is 3.01. The molecule has 2 bridgehead atoms. The fraction of sp³-hybridized carbons (Fsp3) is 0.500. The van der Waals surface area contributed by atoms with Gasteiger partial charge < -0.3 is 0 Å². The van der Waals surface area contributed by atoms with Crippen LogP contribution >= 0.6 is 0 Å². The molecule has 0 spiro atoms. The fourth-order valence-electron chi connectivity index (χ4n) is 2.59. The summed E-state index contributed by atoms with van der Waals surface area (Å²) in [7, 11) is 0.